The van der Waals surface area contributed by atoms with E-state index >= 15 is 0 Å². The van der Waals surface area contributed by atoms with Crippen molar-refractivity contribution in [2.45, 2.75) is 20.4 Å². The van der Waals surface area contributed by atoms with Gasteiger partial charge in [0.05, 0.1) is 29.6 Å². The van der Waals surface area contributed by atoms with Crippen molar-refractivity contribution in [3.8, 4) is 0 Å². The van der Waals surface area contributed by atoms with Crippen LogP contribution in [0.5, 0.6) is 0 Å². The van der Waals surface area contributed by atoms with Crippen molar-refractivity contribution in [3.63, 3.8) is 0 Å². The number of hydrogen-bond donors (Lipinski definition) is 1. The van der Waals surface area contributed by atoms with Gasteiger partial charge in [-0.3, -0.25) is 19.2 Å². The third-order valence-corrected chi connectivity index (χ3v) is 6.32. The van der Waals surface area contributed by atoms with Crippen molar-refractivity contribution in [1.82, 2.24) is 5.43 Å². The molecule has 0 atom stereocenters. The zero-order chi connectivity index (χ0) is 24.9. The van der Waals surface area contributed by atoms with Gasteiger partial charge in [-0.1, -0.05) is 30.3 Å². The second-order valence-corrected chi connectivity index (χ2v) is 9.69. The Kier molecular flexibility index (Phi) is 7.42. The van der Waals surface area contributed by atoms with E-state index in [1.165, 1.54) is 28.7 Å². The summed E-state index contributed by atoms with van der Waals surface area (Å²) in [5, 5.41) is 14.7. The Morgan fingerprint density at radius 3 is 2.38 bits per heavy atom. The number of nitro benzene ring substituents is 1. The number of carbonyl (C=O) groups is 1. The maximum absolute atomic E-state index is 12.4. The van der Waals surface area contributed by atoms with Crippen LogP contribution in [0.25, 0.3) is 0 Å². The van der Waals surface area contributed by atoms with Crippen LogP contribution in [0.3, 0.4) is 0 Å². The Morgan fingerprint density at radius 2 is 1.76 bits per heavy atom. The van der Waals surface area contributed by atoms with Gasteiger partial charge in [0.15, 0.2) is 0 Å². The van der Waals surface area contributed by atoms with Crippen molar-refractivity contribution in [2.24, 2.45) is 5.10 Å². The van der Waals surface area contributed by atoms with Gasteiger partial charge in [-0.2, -0.15) is 5.10 Å². The van der Waals surface area contributed by atoms with Gasteiger partial charge in [0.25, 0.3) is 11.6 Å². The van der Waals surface area contributed by atoms with Gasteiger partial charge in [-0.15, -0.1) is 0 Å². The van der Waals surface area contributed by atoms with E-state index in [0.717, 1.165) is 17.4 Å². The van der Waals surface area contributed by atoms with Crippen LogP contribution >= 0.6 is 0 Å². The normalized spacial score (nSPS) is 11.4. The summed E-state index contributed by atoms with van der Waals surface area (Å²) in [6.45, 7) is 4.00. The van der Waals surface area contributed by atoms with Crippen molar-refractivity contribution in [2.75, 3.05) is 10.6 Å². The number of nitro groups is 1. The Bertz CT molecular complexity index is 1350. The molecule has 0 aliphatic carbocycles. The molecule has 9 nitrogen and oxygen atoms in total. The lowest BCUT2D eigenvalue weighted by Gasteiger charge is -2.23. The Labute approximate surface area is 197 Å². The molecule has 0 aliphatic rings. The van der Waals surface area contributed by atoms with Gasteiger partial charge in [0, 0.05) is 23.3 Å². The highest BCUT2D eigenvalue weighted by Crippen LogP contribution is 2.23. The number of carbonyl (C=O) groups excluding carboxylic acids is 1. The number of sulfonamides is 1. The van der Waals surface area contributed by atoms with E-state index in [0.29, 0.717) is 22.4 Å². The van der Waals surface area contributed by atoms with Gasteiger partial charge < -0.3 is 0 Å². The lowest BCUT2D eigenvalue weighted by Crippen LogP contribution is -2.29. The minimum absolute atomic E-state index is 0.0743. The summed E-state index contributed by atoms with van der Waals surface area (Å²) in [5.41, 5.74) is 6.44. The number of hydrogen-bond acceptors (Lipinski definition) is 6. The molecule has 3 rings (SSSR count). The number of rotatable bonds is 8. The fourth-order valence-electron chi connectivity index (χ4n) is 3.16. The number of anilines is 1. The summed E-state index contributed by atoms with van der Waals surface area (Å²) < 4.78 is 26.1. The van der Waals surface area contributed by atoms with Crippen LogP contribution in [0.4, 0.5) is 11.4 Å². The van der Waals surface area contributed by atoms with E-state index in [-0.39, 0.29) is 12.2 Å². The number of non-ortho nitro benzene ring substituents is 1. The predicted molar refractivity (Wildman–Crippen MR) is 132 cm³/mol. The fourth-order valence-corrected chi connectivity index (χ4v) is 4.04. The first-order valence-electron chi connectivity index (χ1n) is 10.3. The number of aryl methyl sites for hydroxylation is 2. The Morgan fingerprint density at radius 1 is 1.06 bits per heavy atom. The van der Waals surface area contributed by atoms with Gasteiger partial charge in [-0.25, -0.2) is 13.8 Å². The summed E-state index contributed by atoms with van der Waals surface area (Å²) in [6, 6.07) is 17.8. The first-order valence-corrected chi connectivity index (χ1v) is 12.1. The van der Waals surface area contributed by atoms with Gasteiger partial charge in [0.1, 0.15) is 0 Å². The number of nitrogens with zero attached hydrogens (tertiary/aromatic N) is 3. The molecule has 34 heavy (non-hydrogen) atoms. The molecule has 0 heterocycles. The second-order valence-electron chi connectivity index (χ2n) is 7.79. The second kappa shape index (κ2) is 10.3. The average molecular weight is 481 g/mol. The van der Waals surface area contributed by atoms with E-state index < -0.39 is 20.9 Å². The molecule has 3 aromatic carbocycles. The number of benzene rings is 3. The van der Waals surface area contributed by atoms with Gasteiger partial charge in [-0.05, 0) is 54.8 Å². The topological polar surface area (TPSA) is 122 Å². The highest BCUT2D eigenvalue weighted by atomic mass is 32.2. The third-order valence-electron chi connectivity index (χ3n) is 5.18. The molecule has 1 N–H and O–H groups in total. The molecule has 1 amide bonds. The average Bonchev–Trinajstić information content (AvgIpc) is 2.79. The fraction of sp³-hybridized carbons (Fsp3) is 0.167. The first kappa shape index (κ1) is 24.6. The molecule has 176 valence electrons. The standard InChI is InChI=1S/C24H24N4O5S/c1-17-7-12-22(13-18(17)2)27(34(3,32)33)16-19-8-10-21(11-9-19)24(29)26-25-15-20-5-4-6-23(14-20)28(30)31/h4-15H,16H2,1-3H3,(H,26,29)/b25-15+. The van der Waals surface area contributed by atoms with Crippen molar-refractivity contribution in [1.29, 1.82) is 0 Å². The smallest absolute Gasteiger partial charge is 0.267 e. The van der Waals surface area contributed by atoms with Crippen LogP contribution in [0, 0.1) is 24.0 Å². The highest BCUT2D eigenvalue weighted by molar-refractivity contribution is 7.92. The van der Waals surface area contributed by atoms with Crippen LogP contribution in [0.2, 0.25) is 0 Å². The van der Waals surface area contributed by atoms with Crippen LogP contribution in [0.1, 0.15) is 32.6 Å². The molecule has 0 fully saturated rings. The SMILES string of the molecule is Cc1ccc(N(Cc2ccc(C(=O)N/N=C/c3cccc([N+](=O)[O-])c3)cc2)S(C)(=O)=O)cc1C. The highest BCUT2D eigenvalue weighted by Gasteiger charge is 2.18. The molecule has 0 saturated heterocycles. The molecule has 0 radical (unpaired) electrons. The number of amides is 1. The number of nitrogens with one attached hydrogen (secondary N) is 1. The summed E-state index contributed by atoms with van der Waals surface area (Å²) >= 11 is 0. The molecule has 0 unspecified atom stereocenters. The molecule has 0 saturated carbocycles. The van der Waals surface area contributed by atoms with Crippen LogP contribution in [-0.2, 0) is 16.6 Å². The molecule has 0 aromatic heterocycles. The zero-order valence-electron chi connectivity index (χ0n) is 18.9. The van der Waals surface area contributed by atoms with Crippen LogP contribution in [0.15, 0.2) is 71.8 Å². The predicted octanol–water partition coefficient (Wildman–Crippen LogP) is 3.94. The van der Waals surface area contributed by atoms with E-state index in [2.05, 4.69) is 10.5 Å². The van der Waals surface area contributed by atoms with Crippen LogP contribution < -0.4 is 9.73 Å². The molecular weight excluding hydrogens is 456 g/mol. The monoisotopic (exact) mass is 480 g/mol. The lowest BCUT2D eigenvalue weighted by atomic mass is 10.1. The quantitative estimate of drug-likeness (QED) is 0.297. The van der Waals surface area contributed by atoms with E-state index in [1.54, 1.807) is 36.4 Å². The molecule has 10 heteroatoms. The molecule has 0 spiro atoms. The van der Waals surface area contributed by atoms with Gasteiger partial charge >= 0.3 is 0 Å². The van der Waals surface area contributed by atoms with E-state index in [9.17, 15) is 23.3 Å². The largest absolute Gasteiger partial charge is 0.271 e. The first-order chi connectivity index (χ1) is 16.0. The van der Waals surface area contributed by atoms with E-state index in [4.69, 9.17) is 0 Å². The zero-order valence-corrected chi connectivity index (χ0v) is 19.7. The molecule has 0 aliphatic heterocycles. The van der Waals surface area contributed by atoms with Gasteiger partial charge in [0.2, 0.25) is 10.0 Å². The molecule has 3 aromatic rings. The summed E-state index contributed by atoms with van der Waals surface area (Å²) in [5.74, 6) is -0.470. The summed E-state index contributed by atoms with van der Waals surface area (Å²) in [7, 11) is -3.53. The van der Waals surface area contributed by atoms with Crippen molar-refractivity contribution >= 4 is 33.5 Å². The maximum atomic E-state index is 12.4. The maximum Gasteiger partial charge on any atom is 0.271 e. The summed E-state index contributed by atoms with van der Waals surface area (Å²) in [4.78, 5) is 22.7. The molecular formula is C24H24N4O5S. The Hall–Kier alpha value is -4.05. The minimum Gasteiger partial charge on any atom is -0.267 e. The number of hydrazone groups is 1. The Balaban J connectivity index is 1.69. The lowest BCUT2D eigenvalue weighted by molar-refractivity contribution is -0.384. The van der Waals surface area contributed by atoms with Crippen LogP contribution in [-0.4, -0.2) is 31.7 Å². The van der Waals surface area contributed by atoms with Crippen molar-refractivity contribution in [3.05, 3.63) is 105 Å². The van der Waals surface area contributed by atoms with Crippen molar-refractivity contribution < 1.29 is 18.1 Å². The molecule has 0 bridgehead atoms. The summed E-state index contributed by atoms with van der Waals surface area (Å²) in [6.07, 6.45) is 2.47. The minimum atomic E-state index is -3.53. The van der Waals surface area contributed by atoms with E-state index in [1.807, 2.05) is 26.0 Å². The third kappa shape index (κ3) is 6.26.